The van der Waals surface area contributed by atoms with Crippen molar-refractivity contribution in [3.63, 3.8) is 0 Å². The third-order valence-corrected chi connectivity index (χ3v) is 4.93. The summed E-state index contributed by atoms with van der Waals surface area (Å²) in [5.74, 6) is -0.0299. The molecule has 0 fully saturated rings. The van der Waals surface area contributed by atoms with Crippen LogP contribution in [0.25, 0.3) is 5.65 Å². The number of hydrogen-bond acceptors (Lipinski definition) is 8. The molecule has 2 atom stereocenters. The number of halogens is 1. The average molecular weight is 502 g/mol. The molecule has 194 valence electrons. The molecule has 2 aromatic heterocycles. The van der Waals surface area contributed by atoms with Crippen molar-refractivity contribution >= 4 is 23.5 Å². The molecule has 0 saturated carbocycles. The van der Waals surface area contributed by atoms with E-state index in [1.165, 1.54) is 22.8 Å². The number of carbonyl (C=O) groups excluding carboxylic acids is 2. The standard InChI is InChI=1S/C25H32FN5O5/c1-7-34-23(32)19-14-28-31-11-10-21(30-22(19)31)29-16(3)18-12-17(26)8-9-20(18)35-15(2)13-27-24(33)36-25(4,5)6/h8-12,14-16H,7,13H2,1-6H3,(H,27,33)(H,29,30)/t15-,16-/m1/s1. The first-order chi connectivity index (χ1) is 17.0. The van der Waals surface area contributed by atoms with Gasteiger partial charge in [-0.05, 0) is 65.8 Å². The van der Waals surface area contributed by atoms with Gasteiger partial charge < -0.3 is 24.8 Å². The topological polar surface area (TPSA) is 116 Å². The maximum Gasteiger partial charge on any atom is 0.407 e. The van der Waals surface area contributed by atoms with Crippen LogP contribution in [0.2, 0.25) is 0 Å². The maximum absolute atomic E-state index is 14.1. The summed E-state index contributed by atoms with van der Waals surface area (Å²) in [6, 6.07) is 5.51. The zero-order valence-electron chi connectivity index (χ0n) is 21.3. The van der Waals surface area contributed by atoms with E-state index in [9.17, 15) is 14.0 Å². The summed E-state index contributed by atoms with van der Waals surface area (Å²) in [6.45, 7) is 11.1. The van der Waals surface area contributed by atoms with Crippen LogP contribution in [0.4, 0.5) is 15.0 Å². The fourth-order valence-corrected chi connectivity index (χ4v) is 3.37. The van der Waals surface area contributed by atoms with Crippen LogP contribution >= 0.6 is 0 Å². The molecular weight excluding hydrogens is 469 g/mol. The van der Waals surface area contributed by atoms with Crippen LogP contribution < -0.4 is 15.4 Å². The van der Waals surface area contributed by atoms with Gasteiger partial charge in [0.2, 0.25) is 0 Å². The van der Waals surface area contributed by atoms with Crippen molar-refractivity contribution < 1.29 is 28.2 Å². The Bertz CT molecular complexity index is 1220. The van der Waals surface area contributed by atoms with E-state index in [1.807, 2.05) is 6.92 Å². The number of nitrogens with one attached hydrogen (secondary N) is 2. The fraction of sp³-hybridized carbons (Fsp3) is 0.440. The summed E-state index contributed by atoms with van der Waals surface area (Å²) in [5.41, 5.74) is 0.530. The summed E-state index contributed by atoms with van der Waals surface area (Å²) in [6.07, 6.45) is 2.10. The summed E-state index contributed by atoms with van der Waals surface area (Å²) >= 11 is 0. The molecule has 1 amide bonds. The third kappa shape index (κ3) is 7.06. The van der Waals surface area contributed by atoms with Gasteiger partial charge in [-0.15, -0.1) is 0 Å². The number of nitrogens with zero attached hydrogens (tertiary/aromatic N) is 3. The van der Waals surface area contributed by atoms with Gasteiger partial charge in [-0.3, -0.25) is 0 Å². The Hall–Kier alpha value is -3.89. The number of fused-ring (bicyclic) bond motifs is 1. The third-order valence-electron chi connectivity index (χ3n) is 4.93. The minimum absolute atomic E-state index is 0.198. The van der Waals surface area contributed by atoms with Gasteiger partial charge in [-0.1, -0.05) is 0 Å². The number of benzene rings is 1. The number of rotatable bonds is 9. The van der Waals surface area contributed by atoms with Gasteiger partial charge in [-0.25, -0.2) is 23.5 Å². The number of carbonyl (C=O) groups is 2. The van der Waals surface area contributed by atoms with Crippen molar-refractivity contribution in [3.8, 4) is 5.75 Å². The molecule has 0 bridgehead atoms. The lowest BCUT2D eigenvalue weighted by molar-refractivity contribution is 0.0501. The zero-order chi connectivity index (χ0) is 26.5. The van der Waals surface area contributed by atoms with Crippen molar-refractivity contribution in [2.24, 2.45) is 0 Å². The lowest BCUT2D eigenvalue weighted by Crippen LogP contribution is -2.37. The Morgan fingerprint density at radius 1 is 1.19 bits per heavy atom. The zero-order valence-corrected chi connectivity index (χ0v) is 21.3. The molecule has 11 heteroatoms. The number of ether oxygens (including phenoxy) is 3. The summed E-state index contributed by atoms with van der Waals surface area (Å²) in [5, 5.41) is 10.0. The SMILES string of the molecule is CCOC(=O)c1cnn2ccc(N[C@H](C)c3cc(F)ccc3O[C@H](C)CNC(=O)OC(C)(C)C)nc12. The van der Waals surface area contributed by atoms with Gasteiger partial charge in [0.05, 0.1) is 25.4 Å². The van der Waals surface area contributed by atoms with Crippen LogP contribution in [0.1, 0.15) is 63.5 Å². The number of anilines is 1. The molecule has 36 heavy (non-hydrogen) atoms. The van der Waals surface area contributed by atoms with E-state index in [1.54, 1.807) is 52.9 Å². The van der Waals surface area contributed by atoms with E-state index in [0.29, 0.717) is 22.8 Å². The first-order valence-electron chi connectivity index (χ1n) is 11.7. The summed E-state index contributed by atoms with van der Waals surface area (Å²) < 4.78 is 31.9. The van der Waals surface area contributed by atoms with E-state index in [2.05, 4.69) is 20.7 Å². The van der Waals surface area contributed by atoms with Crippen LogP contribution in [-0.2, 0) is 9.47 Å². The number of hydrogen-bond donors (Lipinski definition) is 2. The van der Waals surface area contributed by atoms with E-state index in [4.69, 9.17) is 14.2 Å². The van der Waals surface area contributed by atoms with Gasteiger partial charge in [0.1, 0.15) is 34.7 Å². The minimum atomic E-state index is -0.607. The maximum atomic E-state index is 14.1. The van der Waals surface area contributed by atoms with Crippen molar-refractivity contribution in [2.45, 2.75) is 59.3 Å². The predicted molar refractivity (Wildman–Crippen MR) is 132 cm³/mol. The van der Waals surface area contributed by atoms with Gasteiger partial charge in [0, 0.05) is 11.8 Å². The van der Waals surface area contributed by atoms with E-state index >= 15 is 0 Å². The largest absolute Gasteiger partial charge is 0.489 e. The molecule has 0 saturated heterocycles. The Labute approximate surface area is 209 Å². The first kappa shape index (κ1) is 26.7. The second-order valence-corrected chi connectivity index (χ2v) is 9.22. The first-order valence-corrected chi connectivity index (χ1v) is 11.7. The molecule has 0 unspecified atom stereocenters. The molecule has 0 spiro atoms. The second-order valence-electron chi connectivity index (χ2n) is 9.22. The van der Waals surface area contributed by atoms with Crippen molar-refractivity contribution in [1.82, 2.24) is 19.9 Å². The molecule has 0 aliphatic rings. The van der Waals surface area contributed by atoms with Crippen LogP contribution in [0, 0.1) is 5.82 Å². The normalized spacial score (nSPS) is 13.1. The van der Waals surface area contributed by atoms with E-state index < -0.39 is 35.6 Å². The molecule has 0 aliphatic heterocycles. The Balaban J connectivity index is 1.73. The molecule has 10 nitrogen and oxygen atoms in total. The highest BCUT2D eigenvalue weighted by atomic mass is 19.1. The average Bonchev–Trinajstić information content (AvgIpc) is 3.21. The highest BCUT2D eigenvalue weighted by molar-refractivity contribution is 5.95. The van der Waals surface area contributed by atoms with Gasteiger partial charge in [-0.2, -0.15) is 5.10 Å². The Kier molecular flexibility index (Phi) is 8.33. The fourth-order valence-electron chi connectivity index (χ4n) is 3.37. The molecule has 3 rings (SSSR count). The highest BCUT2D eigenvalue weighted by Gasteiger charge is 2.20. The summed E-state index contributed by atoms with van der Waals surface area (Å²) in [4.78, 5) is 28.6. The Morgan fingerprint density at radius 2 is 1.94 bits per heavy atom. The van der Waals surface area contributed by atoms with Gasteiger partial charge >= 0.3 is 12.1 Å². The minimum Gasteiger partial charge on any atom is -0.489 e. The Morgan fingerprint density at radius 3 is 2.64 bits per heavy atom. The van der Waals surface area contributed by atoms with Gasteiger partial charge in [0.15, 0.2) is 5.65 Å². The van der Waals surface area contributed by atoms with Crippen LogP contribution in [0.3, 0.4) is 0 Å². The lowest BCUT2D eigenvalue weighted by atomic mass is 10.1. The van der Waals surface area contributed by atoms with Crippen molar-refractivity contribution in [3.05, 3.63) is 53.6 Å². The molecule has 1 aromatic carbocycles. The summed E-state index contributed by atoms with van der Waals surface area (Å²) in [7, 11) is 0. The van der Waals surface area contributed by atoms with Crippen LogP contribution in [0.15, 0.2) is 36.7 Å². The molecule has 0 aliphatic carbocycles. The number of alkyl carbamates (subject to hydrolysis) is 1. The van der Waals surface area contributed by atoms with Crippen LogP contribution in [-0.4, -0.2) is 51.5 Å². The predicted octanol–water partition coefficient (Wildman–Crippen LogP) is 4.51. The van der Waals surface area contributed by atoms with Crippen LogP contribution in [0.5, 0.6) is 5.75 Å². The molecular formula is C25H32FN5O5. The van der Waals surface area contributed by atoms with E-state index in [0.717, 1.165) is 0 Å². The lowest BCUT2D eigenvalue weighted by Gasteiger charge is -2.23. The van der Waals surface area contributed by atoms with Crippen molar-refractivity contribution in [2.75, 3.05) is 18.5 Å². The number of esters is 1. The second kappa shape index (κ2) is 11.2. The monoisotopic (exact) mass is 501 g/mol. The molecule has 3 aromatic rings. The molecule has 0 radical (unpaired) electrons. The van der Waals surface area contributed by atoms with E-state index in [-0.39, 0.29) is 18.7 Å². The molecule has 2 heterocycles. The smallest absolute Gasteiger partial charge is 0.407 e. The quantitative estimate of drug-likeness (QED) is 0.412. The number of amides is 1. The van der Waals surface area contributed by atoms with Crippen molar-refractivity contribution in [1.29, 1.82) is 0 Å². The number of aromatic nitrogens is 3. The highest BCUT2D eigenvalue weighted by Crippen LogP contribution is 2.29. The molecule has 2 N–H and O–H groups in total. The van der Waals surface area contributed by atoms with Gasteiger partial charge in [0.25, 0.3) is 0 Å².